The van der Waals surface area contributed by atoms with Crippen LogP contribution in [0.15, 0.2) is 73.3 Å². The van der Waals surface area contributed by atoms with Gasteiger partial charge in [0.15, 0.2) is 5.65 Å². The Bertz CT molecular complexity index is 1710. The lowest BCUT2D eigenvalue weighted by molar-refractivity contribution is 0.199. The Balaban J connectivity index is 1.43. The zero-order chi connectivity index (χ0) is 24.6. The second-order valence-corrected chi connectivity index (χ2v) is 8.54. The lowest BCUT2D eigenvalue weighted by Gasteiger charge is -2.12. The van der Waals surface area contributed by atoms with Gasteiger partial charge in [0.2, 0.25) is 0 Å². The zero-order valence-corrected chi connectivity index (χ0v) is 19.3. The van der Waals surface area contributed by atoms with Gasteiger partial charge in [-0.2, -0.15) is 5.10 Å². The smallest absolute Gasteiger partial charge is 0.155 e. The van der Waals surface area contributed by atoms with E-state index in [0.29, 0.717) is 29.0 Å². The maximum Gasteiger partial charge on any atom is 0.155 e. The molecule has 0 saturated carbocycles. The number of aliphatic hydroxyl groups is 1. The summed E-state index contributed by atoms with van der Waals surface area (Å²) in [5.74, 6) is -0.308. The van der Waals surface area contributed by atoms with Crippen molar-refractivity contribution in [2.24, 2.45) is 0 Å². The SMILES string of the molecule is CCC(O)Nc1cncc(-c2cnc3[nH]nc(-c4cc5c(-c6cccc(F)c6)nccc5[nH]4)c3c2)c1. The maximum atomic E-state index is 13.9. The van der Waals surface area contributed by atoms with Gasteiger partial charge in [-0.25, -0.2) is 9.37 Å². The number of aromatic nitrogens is 6. The predicted molar refractivity (Wildman–Crippen MR) is 138 cm³/mol. The molecule has 0 aliphatic carbocycles. The molecule has 4 N–H and O–H groups in total. The Morgan fingerprint density at radius 3 is 2.69 bits per heavy atom. The van der Waals surface area contributed by atoms with Crippen LogP contribution in [0.25, 0.3) is 55.7 Å². The zero-order valence-electron chi connectivity index (χ0n) is 19.3. The molecule has 6 aromatic rings. The van der Waals surface area contributed by atoms with E-state index < -0.39 is 6.23 Å². The van der Waals surface area contributed by atoms with Gasteiger partial charge in [0.05, 0.1) is 23.3 Å². The van der Waals surface area contributed by atoms with Crippen molar-refractivity contribution in [2.75, 3.05) is 5.32 Å². The van der Waals surface area contributed by atoms with E-state index in [9.17, 15) is 9.50 Å². The largest absolute Gasteiger partial charge is 0.374 e. The molecule has 6 rings (SSSR count). The lowest BCUT2D eigenvalue weighted by Crippen LogP contribution is -2.16. The molecule has 1 aromatic carbocycles. The molecule has 178 valence electrons. The summed E-state index contributed by atoms with van der Waals surface area (Å²) >= 11 is 0. The molecule has 0 saturated heterocycles. The fourth-order valence-corrected chi connectivity index (χ4v) is 4.29. The van der Waals surface area contributed by atoms with E-state index in [1.807, 2.05) is 37.3 Å². The molecule has 0 fully saturated rings. The maximum absolute atomic E-state index is 13.9. The van der Waals surface area contributed by atoms with Gasteiger partial charge < -0.3 is 15.4 Å². The number of nitrogens with zero attached hydrogens (tertiary/aromatic N) is 4. The molecule has 5 aromatic heterocycles. The van der Waals surface area contributed by atoms with Gasteiger partial charge in [-0.1, -0.05) is 19.1 Å². The van der Waals surface area contributed by atoms with Crippen molar-refractivity contribution in [2.45, 2.75) is 19.6 Å². The van der Waals surface area contributed by atoms with Crippen LogP contribution in [0.2, 0.25) is 0 Å². The molecule has 0 aliphatic heterocycles. The van der Waals surface area contributed by atoms with Gasteiger partial charge >= 0.3 is 0 Å². The van der Waals surface area contributed by atoms with E-state index in [4.69, 9.17) is 0 Å². The second kappa shape index (κ2) is 8.86. The van der Waals surface area contributed by atoms with E-state index >= 15 is 0 Å². The minimum atomic E-state index is -0.642. The first kappa shape index (κ1) is 21.9. The number of pyridine rings is 3. The standard InChI is InChI=1S/C27H22FN7O/c1-2-24(36)32-19-9-16(12-29-14-19)17-10-21-26(34-35-27(21)31-13-17)23-11-20-22(33-23)6-7-30-25(20)15-4-3-5-18(28)8-15/h3-14,24,32-33,36H,2H2,1H3,(H,31,34,35). The van der Waals surface area contributed by atoms with E-state index in [2.05, 4.69) is 35.5 Å². The average molecular weight is 480 g/mol. The Morgan fingerprint density at radius 2 is 1.83 bits per heavy atom. The minimum Gasteiger partial charge on any atom is -0.374 e. The summed E-state index contributed by atoms with van der Waals surface area (Å²) < 4.78 is 13.9. The Morgan fingerprint density at radius 1 is 0.944 bits per heavy atom. The molecule has 36 heavy (non-hydrogen) atoms. The summed E-state index contributed by atoms with van der Waals surface area (Å²) in [5.41, 5.74) is 6.88. The Kier molecular flexibility index (Phi) is 5.38. The first-order valence-corrected chi connectivity index (χ1v) is 11.6. The normalized spacial score (nSPS) is 12.3. The van der Waals surface area contributed by atoms with E-state index in [-0.39, 0.29) is 5.82 Å². The molecule has 0 aliphatic rings. The van der Waals surface area contributed by atoms with Crippen molar-refractivity contribution in [1.82, 2.24) is 30.1 Å². The van der Waals surface area contributed by atoms with Crippen LogP contribution < -0.4 is 5.32 Å². The topological polar surface area (TPSA) is 115 Å². The van der Waals surface area contributed by atoms with Gasteiger partial charge in [0.1, 0.15) is 17.7 Å². The van der Waals surface area contributed by atoms with E-state index in [1.165, 1.54) is 12.1 Å². The van der Waals surface area contributed by atoms with Crippen LogP contribution >= 0.6 is 0 Å². The van der Waals surface area contributed by atoms with Crippen LogP contribution in [-0.2, 0) is 0 Å². The lowest BCUT2D eigenvalue weighted by atomic mass is 10.1. The number of aromatic amines is 2. The Labute approximate surface area is 205 Å². The van der Waals surface area contributed by atoms with Crippen molar-refractivity contribution in [1.29, 1.82) is 0 Å². The number of hydrogen-bond donors (Lipinski definition) is 4. The molecule has 5 heterocycles. The number of halogens is 1. The van der Waals surface area contributed by atoms with Crippen molar-refractivity contribution in [3.63, 3.8) is 0 Å². The fourth-order valence-electron chi connectivity index (χ4n) is 4.29. The van der Waals surface area contributed by atoms with Crippen LogP contribution in [0.1, 0.15) is 13.3 Å². The number of H-pyrrole nitrogens is 2. The Hall–Kier alpha value is -4.63. The number of benzene rings is 1. The summed E-state index contributed by atoms with van der Waals surface area (Å²) in [4.78, 5) is 16.8. The summed E-state index contributed by atoms with van der Waals surface area (Å²) in [7, 11) is 0. The highest BCUT2D eigenvalue weighted by Crippen LogP contribution is 2.34. The predicted octanol–water partition coefficient (Wildman–Crippen LogP) is 5.51. The summed E-state index contributed by atoms with van der Waals surface area (Å²) in [6.07, 6.45) is 6.83. The fraction of sp³-hybridized carbons (Fsp3) is 0.111. The molecule has 8 nitrogen and oxygen atoms in total. The average Bonchev–Trinajstić information content (AvgIpc) is 3.52. The molecule has 9 heteroatoms. The summed E-state index contributed by atoms with van der Waals surface area (Å²) in [5, 5.41) is 22.2. The third kappa shape index (κ3) is 3.95. The van der Waals surface area contributed by atoms with Crippen LogP contribution in [-0.4, -0.2) is 41.5 Å². The number of hydrogen-bond acceptors (Lipinski definition) is 6. The monoisotopic (exact) mass is 479 g/mol. The van der Waals surface area contributed by atoms with E-state index in [0.717, 1.165) is 38.8 Å². The van der Waals surface area contributed by atoms with Crippen LogP contribution in [0, 0.1) is 5.82 Å². The number of nitrogens with one attached hydrogen (secondary N) is 3. The molecular formula is C27H22FN7O. The molecule has 0 bridgehead atoms. The highest BCUT2D eigenvalue weighted by Gasteiger charge is 2.16. The quantitative estimate of drug-likeness (QED) is 0.234. The van der Waals surface area contributed by atoms with Gasteiger partial charge in [0, 0.05) is 51.6 Å². The number of rotatable bonds is 6. The number of aliphatic hydroxyl groups excluding tert-OH is 1. The highest BCUT2D eigenvalue weighted by molar-refractivity contribution is 6.00. The van der Waals surface area contributed by atoms with E-state index in [1.54, 1.807) is 30.9 Å². The molecule has 1 atom stereocenters. The highest BCUT2D eigenvalue weighted by atomic mass is 19.1. The number of anilines is 1. The van der Waals surface area contributed by atoms with Crippen LogP contribution in [0.3, 0.4) is 0 Å². The second-order valence-electron chi connectivity index (χ2n) is 8.54. The first-order valence-electron chi connectivity index (χ1n) is 11.6. The molecule has 0 radical (unpaired) electrons. The first-order chi connectivity index (χ1) is 17.6. The molecule has 0 amide bonds. The summed E-state index contributed by atoms with van der Waals surface area (Å²) in [6.45, 7) is 1.90. The molecular weight excluding hydrogens is 457 g/mol. The summed E-state index contributed by atoms with van der Waals surface area (Å²) in [6, 6.07) is 14.2. The molecule has 0 spiro atoms. The van der Waals surface area contributed by atoms with Gasteiger partial charge in [-0.15, -0.1) is 0 Å². The van der Waals surface area contributed by atoms with Crippen molar-refractivity contribution < 1.29 is 9.50 Å². The van der Waals surface area contributed by atoms with Crippen LogP contribution in [0.5, 0.6) is 0 Å². The molecule has 1 unspecified atom stereocenters. The van der Waals surface area contributed by atoms with Crippen molar-refractivity contribution in [3.8, 4) is 33.8 Å². The van der Waals surface area contributed by atoms with Crippen molar-refractivity contribution >= 4 is 27.6 Å². The third-order valence-electron chi connectivity index (χ3n) is 6.11. The van der Waals surface area contributed by atoms with Crippen molar-refractivity contribution in [3.05, 3.63) is 79.1 Å². The van der Waals surface area contributed by atoms with Gasteiger partial charge in [0.25, 0.3) is 0 Å². The minimum absolute atomic E-state index is 0.308. The third-order valence-corrected chi connectivity index (χ3v) is 6.11. The van der Waals surface area contributed by atoms with Gasteiger partial charge in [-0.3, -0.25) is 15.1 Å². The number of fused-ring (bicyclic) bond motifs is 2. The van der Waals surface area contributed by atoms with Crippen LogP contribution in [0.4, 0.5) is 10.1 Å². The van der Waals surface area contributed by atoms with Gasteiger partial charge in [-0.05, 0) is 42.8 Å².